The number of carbonyl (C=O) groups excluding carboxylic acids is 3. The molecule has 3 N–H and O–H groups in total. The Labute approximate surface area is 316 Å². The van der Waals surface area contributed by atoms with Crippen LogP contribution in [0.4, 0.5) is 11.6 Å². The molecule has 1 fully saturated rings. The van der Waals surface area contributed by atoms with E-state index in [1.54, 1.807) is 47.5 Å². The molecule has 0 aliphatic carbocycles. The van der Waals surface area contributed by atoms with Crippen molar-refractivity contribution in [2.75, 3.05) is 58.6 Å². The minimum absolute atomic E-state index is 0.0620. The Bertz CT molecular complexity index is 2110. The normalized spacial score (nSPS) is 15.5. The second kappa shape index (κ2) is 16.9. The molecule has 3 heterocycles. The first kappa shape index (κ1) is 38.8. The summed E-state index contributed by atoms with van der Waals surface area (Å²) in [6, 6.07) is 9.31. The molecule has 2 atom stereocenters. The first-order valence-electron chi connectivity index (χ1n) is 16.5. The van der Waals surface area contributed by atoms with Gasteiger partial charge in [-0.3, -0.25) is 23.7 Å². The highest BCUT2D eigenvalue weighted by Gasteiger charge is 2.35. The Balaban J connectivity index is 1.58. The van der Waals surface area contributed by atoms with Gasteiger partial charge in [0.15, 0.2) is 0 Å². The Morgan fingerprint density at radius 2 is 1.68 bits per heavy atom. The summed E-state index contributed by atoms with van der Waals surface area (Å²) in [5, 5.41) is 9.65. The van der Waals surface area contributed by atoms with Gasteiger partial charge in [-0.05, 0) is 43.9 Å². The largest absolute Gasteiger partial charge is 0.495 e. The van der Waals surface area contributed by atoms with Crippen molar-refractivity contribution in [3.8, 4) is 22.6 Å². The van der Waals surface area contributed by atoms with E-state index in [4.69, 9.17) is 37.7 Å². The lowest BCUT2D eigenvalue weighted by Gasteiger charge is -2.21. The van der Waals surface area contributed by atoms with Gasteiger partial charge in [0.25, 0.3) is 5.56 Å². The molecular weight excluding hydrogens is 723 g/mol. The fourth-order valence-corrected chi connectivity index (χ4v) is 6.57. The van der Waals surface area contributed by atoms with Crippen molar-refractivity contribution in [3.63, 3.8) is 0 Å². The van der Waals surface area contributed by atoms with Crippen LogP contribution < -0.4 is 31.0 Å². The number of rotatable bonds is 13. The molecule has 2 aromatic heterocycles. The summed E-state index contributed by atoms with van der Waals surface area (Å²) in [7, 11) is 6.70. The van der Waals surface area contributed by atoms with Crippen LogP contribution in [0.25, 0.3) is 22.2 Å². The van der Waals surface area contributed by atoms with E-state index < -0.39 is 17.6 Å². The number of amides is 3. The van der Waals surface area contributed by atoms with Gasteiger partial charge in [0.2, 0.25) is 23.7 Å². The Morgan fingerprint density at radius 1 is 1.02 bits per heavy atom. The van der Waals surface area contributed by atoms with Crippen molar-refractivity contribution < 1.29 is 23.9 Å². The van der Waals surface area contributed by atoms with Crippen LogP contribution in [0.5, 0.6) is 11.5 Å². The summed E-state index contributed by atoms with van der Waals surface area (Å²) >= 11 is 13.5. The fourth-order valence-electron chi connectivity index (χ4n) is 5.87. The number of anilines is 2. The van der Waals surface area contributed by atoms with Gasteiger partial charge in [0.05, 0.1) is 48.5 Å². The first-order valence-corrected chi connectivity index (χ1v) is 17.3. The maximum atomic E-state index is 14.5. The topological polar surface area (TPSA) is 160 Å². The van der Waals surface area contributed by atoms with E-state index in [1.165, 1.54) is 37.9 Å². The van der Waals surface area contributed by atoms with Gasteiger partial charge < -0.3 is 35.2 Å². The zero-order valence-corrected chi connectivity index (χ0v) is 31.4. The molecule has 1 saturated heterocycles. The molecule has 2 aromatic carbocycles. The monoisotopic (exact) mass is 762 g/mol. The number of fused-ring (bicyclic) bond motifs is 1. The van der Waals surface area contributed by atoms with Crippen molar-refractivity contribution in [3.05, 3.63) is 93.4 Å². The molecular formula is C37H40Cl2N8O6. The van der Waals surface area contributed by atoms with Crippen LogP contribution in [0, 0.1) is 0 Å². The van der Waals surface area contributed by atoms with E-state index in [9.17, 15) is 19.2 Å². The molecule has 0 saturated carbocycles. The van der Waals surface area contributed by atoms with Crippen LogP contribution >= 0.6 is 23.2 Å². The summed E-state index contributed by atoms with van der Waals surface area (Å²) in [6.45, 7) is 6.23. The molecule has 5 rings (SSSR count). The molecule has 2 unspecified atom stereocenters. The third-order valence-corrected chi connectivity index (χ3v) is 9.32. The smallest absolute Gasteiger partial charge is 0.260 e. The number of methoxy groups -OCH3 is 2. The fraction of sp³-hybridized carbons (Fsp3) is 0.297. The van der Waals surface area contributed by atoms with Gasteiger partial charge in [0.1, 0.15) is 17.1 Å². The average molecular weight is 764 g/mol. The number of nitrogens with zero attached hydrogens (tertiary/aromatic N) is 5. The highest BCUT2D eigenvalue weighted by atomic mass is 35.5. The predicted octanol–water partition coefficient (Wildman–Crippen LogP) is 4.20. The molecule has 0 spiro atoms. The van der Waals surface area contributed by atoms with E-state index >= 15 is 0 Å². The third-order valence-electron chi connectivity index (χ3n) is 8.56. The van der Waals surface area contributed by atoms with Crippen LogP contribution in [-0.4, -0.2) is 102 Å². The molecule has 1 aliphatic heterocycles. The van der Waals surface area contributed by atoms with E-state index in [0.717, 1.165) is 11.6 Å². The maximum absolute atomic E-state index is 14.5. The molecule has 1 aliphatic rings. The van der Waals surface area contributed by atoms with Gasteiger partial charge in [-0.2, -0.15) is 4.98 Å². The predicted molar refractivity (Wildman–Crippen MR) is 206 cm³/mol. The summed E-state index contributed by atoms with van der Waals surface area (Å²) in [4.78, 5) is 64.2. The van der Waals surface area contributed by atoms with Crippen LogP contribution in [0.3, 0.4) is 0 Å². The molecule has 14 nitrogen and oxygen atoms in total. The molecule has 16 heteroatoms. The van der Waals surface area contributed by atoms with Crippen molar-refractivity contribution in [1.82, 2.24) is 29.7 Å². The number of nitrogens with one attached hydrogen (secondary N) is 3. The quantitative estimate of drug-likeness (QED) is 0.169. The molecule has 3 amide bonds. The molecule has 0 bridgehead atoms. The van der Waals surface area contributed by atoms with Gasteiger partial charge in [-0.15, -0.1) is 0 Å². The van der Waals surface area contributed by atoms with Gasteiger partial charge >= 0.3 is 0 Å². The lowest BCUT2D eigenvalue weighted by Crippen LogP contribution is -2.45. The Kier molecular flexibility index (Phi) is 12.4. The zero-order chi connectivity index (χ0) is 38.4. The SMILES string of the molecule is C=CC(=O)NC1CN(C(C)=O)CC1Nc1ncc2cc(-c3c(Cl)c(OC)cc(OC)c3Cl)c(=O)n(Cc3ccc(NC(=O)/C=C/CN(C)C)cc3)c2n1. The number of hydrogen-bond donors (Lipinski definition) is 3. The highest BCUT2D eigenvalue weighted by Crippen LogP contribution is 2.45. The average Bonchev–Trinajstić information content (AvgIpc) is 3.52. The van der Waals surface area contributed by atoms with Crippen LogP contribution in [0.2, 0.25) is 10.0 Å². The molecule has 4 aromatic rings. The Hall–Kier alpha value is -5.44. The van der Waals surface area contributed by atoms with Gasteiger partial charge in [-0.1, -0.05) is 48.0 Å². The number of carbonyl (C=O) groups is 3. The number of likely N-dealkylation sites (N-methyl/N-ethyl adjacent to an activating group) is 1. The second-order valence-electron chi connectivity index (χ2n) is 12.6. The standard InChI is InChI=1S/C37H40Cl2N8O6/c1-7-30(49)42-26-19-46(21(2)48)20-27(26)43-37-40-17-23-15-25(32-33(38)28(52-5)16-29(53-6)34(32)39)36(51)47(35(23)44-37)18-22-10-12-24(13-11-22)41-31(50)9-8-14-45(3)4/h7-13,15-17,26-27H,1,14,18-20H2,2-6H3,(H,41,50)(H,42,49)(H,40,43,44)/b9-8+. The summed E-state index contributed by atoms with van der Waals surface area (Å²) < 4.78 is 12.4. The van der Waals surface area contributed by atoms with Gasteiger partial charge in [-0.25, -0.2) is 4.98 Å². The Morgan fingerprint density at radius 3 is 2.28 bits per heavy atom. The number of likely N-dealkylation sites (tertiary alicyclic amines) is 1. The number of halogens is 2. The van der Waals surface area contributed by atoms with Crippen molar-refractivity contribution in [1.29, 1.82) is 0 Å². The van der Waals surface area contributed by atoms with E-state index in [-0.39, 0.29) is 81.6 Å². The number of ether oxygens (including phenoxy) is 2. The summed E-state index contributed by atoms with van der Waals surface area (Å²) in [6.07, 6.45) is 5.95. The van der Waals surface area contributed by atoms with Crippen molar-refractivity contribution >= 4 is 63.6 Å². The van der Waals surface area contributed by atoms with Crippen molar-refractivity contribution in [2.45, 2.75) is 25.6 Å². The van der Waals surface area contributed by atoms with E-state index in [2.05, 4.69) is 27.5 Å². The number of benzene rings is 2. The minimum atomic E-state index is -0.468. The molecule has 0 radical (unpaired) electrons. The van der Waals surface area contributed by atoms with E-state index in [0.29, 0.717) is 17.6 Å². The highest BCUT2D eigenvalue weighted by molar-refractivity contribution is 6.41. The number of aromatic nitrogens is 3. The van der Waals surface area contributed by atoms with Gasteiger partial charge in [0, 0.05) is 61.5 Å². The lowest BCUT2D eigenvalue weighted by molar-refractivity contribution is -0.128. The van der Waals surface area contributed by atoms with Crippen LogP contribution in [-0.2, 0) is 20.9 Å². The summed E-state index contributed by atoms with van der Waals surface area (Å²) in [5.74, 6) is -0.113. The van der Waals surface area contributed by atoms with Crippen molar-refractivity contribution in [2.24, 2.45) is 0 Å². The molecule has 53 heavy (non-hydrogen) atoms. The minimum Gasteiger partial charge on any atom is -0.495 e. The number of hydrogen-bond acceptors (Lipinski definition) is 10. The second-order valence-corrected chi connectivity index (χ2v) is 13.3. The third kappa shape index (κ3) is 8.96. The maximum Gasteiger partial charge on any atom is 0.260 e. The first-order chi connectivity index (χ1) is 25.3. The number of pyridine rings is 1. The van der Waals surface area contributed by atoms with Crippen LogP contribution in [0.15, 0.2) is 72.2 Å². The molecule has 278 valence electrons. The zero-order valence-electron chi connectivity index (χ0n) is 29.9. The lowest BCUT2D eigenvalue weighted by atomic mass is 10.0. The van der Waals surface area contributed by atoms with Crippen LogP contribution in [0.1, 0.15) is 12.5 Å². The summed E-state index contributed by atoms with van der Waals surface area (Å²) in [5.41, 5.74) is 1.48. The van der Waals surface area contributed by atoms with E-state index in [1.807, 2.05) is 19.0 Å².